The van der Waals surface area contributed by atoms with Crippen LogP contribution in [0.15, 0.2) is 23.7 Å². The standard InChI is InChI=1S/C29H37N5O3S/c1-17-14-20(23-19(3)31-16-38-23)9-10-21(17)18(2)32-25(35)22-8-7-13-34(22)26(36)24(28(4,5)6)33-27(37)29(15-30)11-12-29/h9-10,14,16,18,22,24H,7-8,11-13H2,1-6H3,(H,32,35)(H,33,37)/t18-,22-,24?/m0/s1. The van der Waals surface area contributed by atoms with E-state index in [1.807, 2.05) is 53.1 Å². The lowest BCUT2D eigenvalue weighted by atomic mass is 9.85. The van der Waals surface area contributed by atoms with Crippen molar-refractivity contribution < 1.29 is 14.4 Å². The van der Waals surface area contributed by atoms with Gasteiger partial charge >= 0.3 is 0 Å². The molecule has 2 fully saturated rings. The summed E-state index contributed by atoms with van der Waals surface area (Å²) < 4.78 is 0. The molecular formula is C29H37N5O3S. The number of benzene rings is 1. The summed E-state index contributed by atoms with van der Waals surface area (Å²) in [6, 6.07) is 6.66. The van der Waals surface area contributed by atoms with Gasteiger partial charge < -0.3 is 15.5 Å². The molecule has 2 aromatic rings. The Labute approximate surface area is 228 Å². The maximum Gasteiger partial charge on any atom is 0.246 e. The quantitative estimate of drug-likeness (QED) is 0.544. The van der Waals surface area contributed by atoms with Gasteiger partial charge in [0.05, 0.1) is 28.2 Å². The number of hydrogen-bond donors (Lipinski definition) is 2. The average Bonchev–Trinajstić information content (AvgIpc) is 3.28. The molecular weight excluding hydrogens is 498 g/mol. The lowest BCUT2D eigenvalue weighted by Gasteiger charge is -2.36. The lowest BCUT2D eigenvalue weighted by molar-refractivity contribution is -0.144. The molecule has 8 nitrogen and oxygen atoms in total. The van der Waals surface area contributed by atoms with Crippen LogP contribution >= 0.6 is 11.3 Å². The van der Waals surface area contributed by atoms with Gasteiger partial charge in [0.1, 0.15) is 17.5 Å². The maximum absolute atomic E-state index is 13.7. The van der Waals surface area contributed by atoms with Crippen molar-refractivity contribution in [3.8, 4) is 16.5 Å². The monoisotopic (exact) mass is 535 g/mol. The molecule has 1 saturated heterocycles. The van der Waals surface area contributed by atoms with E-state index in [2.05, 4.69) is 33.8 Å². The van der Waals surface area contributed by atoms with Crippen molar-refractivity contribution in [3.63, 3.8) is 0 Å². The smallest absolute Gasteiger partial charge is 0.246 e. The molecule has 1 aliphatic heterocycles. The molecule has 3 atom stereocenters. The Morgan fingerprint density at radius 2 is 1.92 bits per heavy atom. The zero-order valence-electron chi connectivity index (χ0n) is 23.1. The van der Waals surface area contributed by atoms with E-state index >= 15 is 0 Å². The van der Waals surface area contributed by atoms with Crippen molar-refractivity contribution >= 4 is 29.1 Å². The minimum absolute atomic E-state index is 0.195. The van der Waals surface area contributed by atoms with Crippen molar-refractivity contribution in [2.24, 2.45) is 10.8 Å². The van der Waals surface area contributed by atoms with E-state index in [9.17, 15) is 19.6 Å². The molecule has 9 heteroatoms. The number of nitrogens with one attached hydrogen (secondary N) is 2. The van der Waals surface area contributed by atoms with Crippen LogP contribution in [0.4, 0.5) is 0 Å². The topological polar surface area (TPSA) is 115 Å². The first kappa shape index (κ1) is 27.8. The molecule has 1 aromatic heterocycles. The van der Waals surface area contributed by atoms with Crippen LogP contribution in [0.3, 0.4) is 0 Å². The van der Waals surface area contributed by atoms with Crippen LogP contribution in [-0.4, -0.2) is 46.2 Å². The Hall–Kier alpha value is -3.25. The molecule has 1 unspecified atom stereocenters. The zero-order chi connectivity index (χ0) is 27.8. The fourth-order valence-electron chi connectivity index (χ4n) is 5.17. The summed E-state index contributed by atoms with van der Waals surface area (Å²) in [4.78, 5) is 47.0. The van der Waals surface area contributed by atoms with Crippen LogP contribution in [-0.2, 0) is 14.4 Å². The highest BCUT2D eigenvalue weighted by molar-refractivity contribution is 7.13. The van der Waals surface area contributed by atoms with E-state index in [0.717, 1.165) is 27.3 Å². The summed E-state index contributed by atoms with van der Waals surface area (Å²) >= 11 is 1.61. The number of nitriles is 1. The van der Waals surface area contributed by atoms with Crippen molar-refractivity contribution in [1.82, 2.24) is 20.5 Å². The van der Waals surface area contributed by atoms with Gasteiger partial charge in [-0.3, -0.25) is 14.4 Å². The second-order valence-corrected chi connectivity index (χ2v) is 12.6. The molecule has 2 aliphatic rings. The van der Waals surface area contributed by atoms with Gasteiger partial charge in [0, 0.05) is 6.54 Å². The Bertz CT molecular complexity index is 1280. The van der Waals surface area contributed by atoms with Gasteiger partial charge in [0.15, 0.2) is 0 Å². The molecule has 0 spiro atoms. The van der Waals surface area contributed by atoms with Crippen molar-refractivity contribution in [2.45, 2.75) is 85.4 Å². The number of amides is 3. The number of aryl methyl sites for hydroxylation is 2. The summed E-state index contributed by atoms with van der Waals surface area (Å²) in [5, 5.41) is 15.4. The number of carbonyl (C=O) groups is 3. The summed E-state index contributed by atoms with van der Waals surface area (Å²) in [7, 11) is 0. The van der Waals surface area contributed by atoms with Gasteiger partial charge in [-0.15, -0.1) is 11.3 Å². The number of rotatable bonds is 7. The summed E-state index contributed by atoms with van der Waals surface area (Å²) in [5.41, 5.74) is 4.44. The molecule has 2 N–H and O–H groups in total. The molecule has 1 aromatic carbocycles. The van der Waals surface area contributed by atoms with E-state index in [1.54, 1.807) is 16.2 Å². The van der Waals surface area contributed by atoms with E-state index in [4.69, 9.17) is 0 Å². The van der Waals surface area contributed by atoms with Crippen LogP contribution in [0.1, 0.15) is 76.2 Å². The molecule has 0 bridgehead atoms. The highest BCUT2D eigenvalue weighted by Gasteiger charge is 2.53. The highest BCUT2D eigenvalue weighted by Crippen LogP contribution is 2.45. The Morgan fingerprint density at radius 1 is 1.21 bits per heavy atom. The van der Waals surface area contributed by atoms with Crippen LogP contribution in [0.25, 0.3) is 10.4 Å². The van der Waals surface area contributed by atoms with Gasteiger partial charge in [-0.25, -0.2) is 4.98 Å². The fraction of sp³-hybridized carbons (Fsp3) is 0.552. The molecule has 1 aliphatic carbocycles. The van der Waals surface area contributed by atoms with E-state index < -0.39 is 28.8 Å². The minimum atomic E-state index is -1.02. The van der Waals surface area contributed by atoms with Crippen molar-refractivity contribution in [2.75, 3.05) is 6.54 Å². The number of carbonyl (C=O) groups excluding carboxylic acids is 3. The van der Waals surface area contributed by atoms with Crippen molar-refractivity contribution in [3.05, 3.63) is 40.5 Å². The number of nitrogens with zero attached hydrogens (tertiary/aromatic N) is 3. The fourth-order valence-corrected chi connectivity index (χ4v) is 5.97. The normalized spacial score (nSPS) is 19.8. The third-order valence-electron chi connectivity index (χ3n) is 7.73. The first-order valence-corrected chi connectivity index (χ1v) is 14.1. The van der Waals surface area contributed by atoms with Crippen molar-refractivity contribution in [1.29, 1.82) is 5.26 Å². The number of hydrogen-bond acceptors (Lipinski definition) is 6. The SMILES string of the molecule is Cc1cc(-c2scnc2C)ccc1[C@H](C)NC(=O)[C@@H]1CCCN1C(=O)C(NC(=O)C1(C#N)CC1)C(C)(C)C. The van der Waals surface area contributed by atoms with Gasteiger partial charge in [-0.2, -0.15) is 5.26 Å². The third-order valence-corrected chi connectivity index (χ3v) is 8.71. The molecule has 4 rings (SSSR count). The molecule has 1 saturated carbocycles. The largest absolute Gasteiger partial charge is 0.348 e. The zero-order valence-corrected chi connectivity index (χ0v) is 23.9. The molecule has 0 radical (unpaired) electrons. The second kappa shape index (κ2) is 10.5. The van der Waals surface area contributed by atoms with E-state index in [1.165, 1.54) is 0 Å². The Kier molecular flexibility index (Phi) is 7.67. The van der Waals surface area contributed by atoms with Crippen LogP contribution in [0.5, 0.6) is 0 Å². The van der Waals surface area contributed by atoms with Gasteiger partial charge in [0.2, 0.25) is 17.7 Å². The first-order valence-electron chi connectivity index (χ1n) is 13.2. The molecule has 38 heavy (non-hydrogen) atoms. The predicted octanol–water partition coefficient (Wildman–Crippen LogP) is 4.43. The Balaban J connectivity index is 1.46. The second-order valence-electron chi connectivity index (χ2n) is 11.7. The van der Waals surface area contributed by atoms with Crippen LogP contribution < -0.4 is 10.6 Å². The predicted molar refractivity (Wildman–Crippen MR) is 147 cm³/mol. The minimum Gasteiger partial charge on any atom is -0.348 e. The van der Waals surface area contributed by atoms with Gasteiger partial charge in [-0.05, 0) is 68.6 Å². The number of thiazole rings is 1. The van der Waals surface area contributed by atoms with Crippen LogP contribution in [0, 0.1) is 36.0 Å². The summed E-state index contributed by atoms with van der Waals surface area (Å²) in [6.45, 7) is 12.1. The number of likely N-dealkylation sites (tertiary alicyclic amines) is 1. The van der Waals surface area contributed by atoms with E-state index in [0.29, 0.717) is 32.2 Å². The molecule has 2 heterocycles. The third kappa shape index (κ3) is 5.46. The molecule has 3 amide bonds. The highest BCUT2D eigenvalue weighted by atomic mass is 32.1. The van der Waals surface area contributed by atoms with Crippen LogP contribution in [0.2, 0.25) is 0 Å². The maximum atomic E-state index is 13.7. The average molecular weight is 536 g/mol. The lowest BCUT2D eigenvalue weighted by Crippen LogP contribution is -2.58. The van der Waals surface area contributed by atoms with Gasteiger partial charge in [-0.1, -0.05) is 39.0 Å². The number of aromatic nitrogens is 1. The first-order chi connectivity index (χ1) is 17.9. The molecule has 202 valence electrons. The summed E-state index contributed by atoms with van der Waals surface area (Å²) in [5.74, 6) is -0.861. The summed E-state index contributed by atoms with van der Waals surface area (Å²) in [6.07, 6.45) is 2.31. The Morgan fingerprint density at radius 3 is 2.47 bits per heavy atom. The van der Waals surface area contributed by atoms with Gasteiger partial charge in [0.25, 0.3) is 0 Å². The van der Waals surface area contributed by atoms with E-state index in [-0.39, 0.29) is 17.9 Å².